The van der Waals surface area contributed by atoms with Crippen LogP contribution in [0.25, 0.3) is 0 Å². The molecule has 0 aliphatic heterocycles. The first kappa shape index (κ1) is 20.4. The minimum Gasteiger partial charge on any atom is -0.468 e. The number of nitrogens with zero attached hydrogens (tertiary/aromatic N) is 2. The lowest BCUT2D eigenvalue weighted by Crippen LogP contribution is -2.37. The molecule has 2 aromatic carbocycles. The summed E-state index contributed by atoms with van der Waals surface area (Å²) in [5.41, 5.74) is 1.81. The molecule has 9 heteroatoms. The largest absolute Gasteiger partial charge is 0.468 e. The van der Waals surface area contributed by atoms with Crippen molar-refractivity contribution >= 4 is 27.4 Å². The molecular formula is C18H20N2O6S. The van der Waals surface area contributed by atoms with Crippen molar-refractivity contribution in [3.63, 3.8) is 0 Å². The fourth-order valence-corrected chi connectivity index (χ4v) is 4.30. The Balaban J connectivity index is 2.71. The number of ether oxygens (including phenoxy) is 1. The molecule has 0 atom stereocenters. The third-order valence-electron chi connectivity index (χ3n) is 4.30. The predicted octanol–water partition coefficient (Wildman–Crippen LogP) is 2.89. The summed E-state index contributed by atoms with van der Waals surface area (Å²) in [4.78, 5) is 22.1. The molecule has 8 nitrogen and oxygen atoms in total. The van der Waals surface area contributed by atoms with Gasteiger partial charge in [0.2, 0.25) is 0 Å². The average Bonchev–Trinajstić information content (AvgIpc) is 2.62. The van der Waals surface area contributed by atoms with Gasteiger partial charge in [0.1, 0.15) is 6.54 Å². The van der Waals surface area contributed by atoms with Crippen LogP contribution in [-0.4, -0.2) is 33.0 Å². The van der Waals surface area contributed by atoms with E-state index in [1.807, 2.05) is 13.0 Å². The number of esters is 1. The van der Waals surface area contributed by atoms with Gasteiger partial charge in [0.05, 0.1) is 22.6 Å². The molecule has 2 aromatic rings. The van der Waals surface area contributed by atoms with Crippen LogP contribution in [0.5, 0.6) is 0 Å². The normalized spacial score (nSPS) is 11.1. The molecule has 0 radical (unpaired) electrons. The number of rotatable bonds is 6. The molecule has 0 saturated carbocycles. The molecule has 0 fully saturated rings. The summed E-state index contributed by atoms with van der Waals surface area (Å²) >= 11 is 0. The van der Waals surface area contributed by atoms with E-state index < -0.39 is 27.5 Å². The second kappa shape index (κ2) is 7.75. The molecule has 27 heavy (non-hydrogen) atoms. The number of methoxy groups -OCH3 is 1. The molecule has 0 heterocycles. The van der Waals surface area contributed by atoms with Crippen molar-refractivity contribution in [3.05, 3.63) is 63.2 Å². The maximum atomic E-state index is 13.3. The second-order valence-electron chi connectivity index (χ2n) is 6.01. The minimum absolute atomic E-state index is 0.235. The maximum absolute atomic E-state index is 13.3. The van der Waals surface area contributed by atoms with Crippen molar-refractivity contribution in [1.82, 2.24) is 0 Å². The molecule has 0 N–H and O–H groups in total. The van der Waals surface area contributed by atoms with Crippen LogP contribution < -0.4 is 4.31 Å². The van der Waals surface area contributed by atoms with Crippen LogP contribution in [0.15, 0.2) is 41.3 Å². The number of nitro benzene ring substituents is 1. The number of non-ortho nitro benzene ring substituents is 1. The van der Waals surface area contributed by atoms with Crippen molar-refractivity contribution in [2.75, 3.05) is 18.0 Å². The highest BCUT2D eigenvalue weighted by molar-refractivity contribution is 7.93. The minimum atomic E-state index is -4.26. The molecule has 2 rings (SSSR count). The second-order valence-corrected chi connectivity index (χ2v) is 7.84. The Morgan fingerprint density at radius 3 is 2.41 bits per heavy atom. The summed E-state index contributed by atoms with van der Waals surface area (Å²) in [5.74, 6) is -0.748. The molecule has 0 bridgehead atoms. The summed E-state index contributed by atoms with van der Waals surface area (Å²) in [6, 6.07) is 8.68. The topological polar surface area (TPSA) is 107 Å². The van der Waals surface area contributed by atoms with E-state index in [1.54, 1.807) is 19.1 Å². The first-order chi connectivity index (χ1) is 12.6. The van der Waals surface area contributed by atoms with Gasteiger partial charge < -0.3 is 4.74 Å². The molecule has 0 unspecified atom stereocenters. The van der Waals surface area contributed by atoms with Crippen molar-refractivity contribution in [1.29, 1.82) is 0 Å². The van der Waals surface area contributed by atoms with Gasteiger partial charge in [-0.2, -0.15) is 0 Å². The summed E-state index contributed by atoms with van der Waals surface area (Å²) in [7, 11) is -3.10. The van der Waals surface area contributed by atoms with Gasteiger partial charge in [-0.05, 0) is 43.5 Å². The first-order valence-electron chi connectivity index (χ1n) is 8.00. The number of aryl methyl sites for hydroxylation is 2. The number of sulfonamides is 1. The van der Waals surface area contributed by atoms with Gasteiger partial charge >= 0.3 is 5.97 Å². The third-order valence-corrected chi connectivity index (χ3v) is 6.20. The lowest BCUT2D eigenvalue weighted by atomic mass is 10.1. The van der Waals surface area contributed by atoms with E-state index in [-0.39, 0.29) is 10.6 Å². The summed E-state index contributed by atoms with van der Waals surface area (Å²) in [6.07, 6.45) is 0. The fraction of sp³-hybridized carbons (Fsp3) is 0.278. The Hall–Kier alpha value is -2.94. The van der Waals surface area contributed by atoms with E-state index >= 15 is 0 Å². The molecule has 0 aromatic heterocycles. The standard InChI is InChI=1S/C18H20N2O6S/c1-12-6-5-7-16(14(12)3)19(11-18(21)26-4)27(24,25)17-10-15(20(22)23)9-8-13(17)2/h5-10H,11H2,1-4H3. The molecule has 0 amide bonds. The van der Waals surface area contributed by atoms with Crippen LogP contribution in [0.3, 0.4) is 0 Å². The number of nitro groups is 1. The monoisotopic (exact) mass is 392 g/mol. The van der Waals surface area contributed by atoms with Gasteiger partial charge in [0, 0.05) is 12.1 Å². The maximum Gasteiger partial charge on any atom is 0.326 e. The third kappa shape index (κ3) is 4.08. The van der Waals surface area contributed by atoms with Crippen LogP contribution in [0.1, 0.15) is 16.7 Å². The van der Waals surface area contributed by atoms with Crippen molar-refractivity contribution in [2.45, 2.75) is 25.7 Å². The van der Waals surface area contributed by atoms with Crippen molar-refractivity contribution < 1.29 is 22.9 Å². The Morgan fingerprint density at radius 1 is 1.15 bits per heavy atom. The molecule has 0 aliphatic carbocycles. The molecule has 0 spiro atoms. The van der Waals surface area contributed by atoms with Gasteiger partial charge in [-0.25, -0.2) is 8.42 Å². The van der Waals surface area contributed by atoms with Crippen molar-refractivity contribution in [3.8, 4) is 0 Å². The zero-order valence-electron chi connectivity index (χ0n) is 15.4. The van der Waals surface area contributed by atoms with E-state index in [0.29, 0.717) is 16.8 Å². The Morgan fingerprint density at radius 2 is 1.81 bits per heavy atom. The number of hydrogen-bond donors (Lipinski definition) is 0. The van der Waals surface area contributed by atoms with Crippen LogP contribution in [-0.2, 0) is 19.6 Å². The molecule has 0 saturated heterocycles. The Labute approximate surface area is 157 Å². The van der Waals surface area contributed by atoms with Gasteiger partial charge in [-0.1, -0.05) is 18.2 Å². The lowest BCUT2D eigenvalue weighted by Gasteiger charge is -2.26. The molecular weight excluding hydrogens is 372 g/mol. The van der Waals surface area contributed by atoms with E-state index in [9.17, 15) is 23.3 Å². The number of hydrogen-bond acceptors (Lipinski definition) is 6. The Kier molecular flexibility index (Phi) is 5.85. The number of benzene rings is 2. The van der Waals surface area contributed by atoms with Gasteiger partial charge in [0.15, 0.2) is 0 Å². The van der Waals surface area contributed by atoms with Crippen LogP contribution in [0.2, 0.25) is 0 Å². The van der Waals surface area contributed by atoms with Crippen LogP contribution in [0.4, 0.5) is 11.4 Å². The number of carbonyl (C=O) groups is 1. The number of anilines is 1. The van der Waals surface area contributed by atoms with Gasteiger partial charge in [-0.15, -0.1) is 0 Å². The highest BCUT2D eigenvalue weighted by atomic mass is 32.2. The van der Waals surface area contributed by atoms with E-state index in [4.69, 9.17) is 0 Å². The van der Waals surface area contributed by atoms with E-state index in [0.717, 1.165) is 23.0 Å². The highest BCUT2D eigenvalue weighted by Gasteiger charge is 2.31. The zero-order chi connectivity index (χ0) is 20.4. The quantitative estimate of drug-likeness (QED) is 0.425. The predicted molar refractivity (Wildman–Crippen MR) is 100 cm³/mol. The first-order valence-corrected chi connectivity index (χ1v) is 9.44. The van der Waals surface area contributed by atoms with Crippen molar-refractivity contribution in [2.24, 2.45) is 0 Å². The van der Waals surface area contributed by atoms with Crippen LogP contribution >= 0.6 is 0 Å². The molecule has 144 valence electrons. The fourth-order valence-electron chi connectivity index (χ4n) is 2.59. The summed E-state index contributed by atoms with van der Waals surface area (Å²) in [5, 5.41) is 11.1. The van der Waals surface area contributed by atoms with Gasteiger partial charge in [0.25, 0.3) is 15.7 Å². The van der Waals surface area contributed by atoms with Crippen LogP contribution in [0, 0.1) is 30.9 Å². The molecule has 0 aliphatic rings. The van der Waals surface area contributed by atoms with E-state index in [1.165, 1.54) is 19.1 Å². The SMILES string of the molecule is COC(=O)CN(c1cccc(C)c1C)S(=O)(=O)c1cc([N+](=O)[O-])ccc1C. The summed E-state index contributed by atoms with van der Waals surface area (Å²) < 4.78 is 32.2. The lowest BCUT2D eigenvalue weighted by molar-refractivity contribution is -0.385. The number of carbonyl (C=O) groups excluding carboxylic acids is 1. The highest BCUT2D eigenvalue weighted by Crippen LogP contribution is 2.31. The average molecular weight is 392 g/mol. The zero-order valence-corrected chi connectivity index (χ0v) is 16.2. The van der Waals surface area contributed by atoms with Gasteiger partial charge in [-0.3, -0.25) is 19.2 Å². The Bertz CT molecular complexity index is 1000. The smallest absolute Gasteiger partial charge is 0.326 e. The van der Waals surface area contributed by atoms with E-state index in [2.05, 4.69) is 4.74 Å². The summed E-state index contributed by atoms with van der Waals surface area (Å²) in [6.45, 7) is 4.55.